The molecule has 0 aliphatic rings. The van der Waals surface area contributed by atoms with Crippen LogP contribution in [0.1, 0.15) is 11.3 Å². The highest BCUT2D eigenvalue weighted by molar-refractivity contribution is 7.98. The summed E-state index contributed by atoms with van der Waals surface area (Å²) in [6, 6.07) is 11.7. The molecule has 0 aliphatic carbocycles. The summed E-state index contributed by atoms with van der Waals surface area (Å²) in [6.07, 6.45) is 3.00. The molecule has 0 aliphatic heterocycles. The number of rotatable bonds is 4. The summed E-state index contributed by atoms with van der Waals surface area (Å²) in [6.45, 7) is 1.85. The number of para-hydroxylation sites is 1. The summed E-state index contributed by atoms with van der Waals surface area (Å²) in [7, 11) is 0. The molecule has 2 aromatic carbocycles. The number of aryl methyl sites for hydroxylation is 1. The highest BCUT2D eigenvalue weighted by Gasteiger charge is 2.18. The summed E-state index contributed by atoms with van der Waals surface area (Å²) in [5, 5.41) is 0.859. The Hall–Kier alpha value is -3.59. The number of H-pyrrole nitrogens is 1. The number of imidazole rings is 1. The smallest absolute Gasteiger partial charge is 0.266 e. The number of nitrogens with zero attached hydrogens (tertiary/aromatic N) is 5. The molecule has 0 unspecified atom stereocenters. The van der Waals surface area contributed by atoms with Crippen molar-refractivity contribution in [3.05, 3.63) is 82.5 Å². The molecule has 0 spiro atoms. The monoisotopic (exact) mass is 418 g/mol. The van der Waals surface area contributed by atoms with Crippen molar-refractivity contribution in [1.29, 1.82) is 0 Å². The Labute approximate surface area is 174 Å². The predicted octanol–water partition coefficient (Wildman–Crippen LogP) is 3.79. The molecule has 3 heterocycles. The summed E-state index contributed by atoms with van der Waals surface area (Å²) in [4.78, 5) is 33.7. The van der Waals surface area contributed by atoms with Crippen LogP contribution in [0.3, 0.4) is 0 Å². The number of benzene rings is 2. The van der Waals surface area contributed by atoms with Gasteiger partial charge in [-0.25, -0.2) is 24.3 Å². The first-order valence-corrected chi connectivity index (χ1v) is 10.1. The minimum absolute atomic E-state index is 0.164. The highest BCUT2D eigenvalue weighted by Crippen LogP contribution is 2.27. The molecule has 0 bridgehead atoms. The molecular formula is C21H15FN6OS. The molecule has 5 rings (SSSR count). The van der Waals surface area contributed by atoms with Gasteiger partial charge >= 0.3 is 0 Å². The number of halogens is 1. The molecule has 148 valence electrons. The zero-order valence-electron chi connectivity index (χ0n) is 15.8. The van der Waals surface area contributed by atoms with Crippen LogP contribution in [0.15, 0.2) is 65.1 Å². The molecular weight excluding hydrogens is 403 g/mol. The van der Waals surface area contributed by atoms with Crippen LogP contribution in [0.5, 0.6) is 0 Å². The van der Waals surface area contributed by atoms with E-state index in [4.69, 9.17) is 0 Å². The number of aromatic nitrogens is 6. The zero-order valence-corrected chi connectivity index (χ0v) is 16.7. The maximum Gasteiger partial charge on any atom is 0.266 e. The Balaban J connectivity index is 1.69. The Morgan fingerprint density at radius 1 is 1.10 bits per heavy atom. The van der Waals surface area contributed by atoms with Gasteiger partial charge in [0, 0.05) is 5.75 Å². The van der Waals surface area contributed by atoms with Crippen molar-refractivity contribution in [2.75, 3.05) is 0 Å². The Bertz CT molecular complexity index is 1460. The molecule has 0 amide bonds. The first-order valence-electron chi connectivity index (χ1n) is 9.16. The lowest BCUT2D eigenvalue weighted by molar-refractivity contribution is 0.608. The highest BCUT2D eigenvalue weighted by atomic mass is 32.2. The number of fused-ring (bicyclic) bond motifs is 2. The van der Waals surface area contributed by atoms with E-state index >= 15 is 0 Å². The van der Waals surface area contributed by atoms with E-state index in [1.807, 2.05) is 19.1 Å². The Morgan fingerprint density at radius 3 is 2.83 bits per heavy atom. The third-order valence-corrected chi connectivity index (χ3v) is 5.76. The van der Waals surface area contributed by atoms with E-state index in [1.165, 1.54) is 28.7 Å². The maximum absolute atomic E-state index is 14.6. The molecule has 1 N–H and O–H groups in total. The largest absolute Gasteiger partial charge is 0.342 e. The quantitative estimate of drug-likeness (QED) is 0.353. The summed E-state index contributed by atoms with van der Waals surface area (Å²) in [5.74, 6) is -0.0893. The minimum atomic E-state index is -0.492. The van der Waals surface area contributed by atoms with Crippen molar-refractivity contribution < 1.29 is 4.39 Å². The van der Waals surface area contributed by atoms with Crippen molar-refractivity contribution in [1.82, 2.24) is 29.5 Å². The third-order valence-electron chi connectivity index (χ3n) is 4.81. The van der Waals surface area contributed by atoms with Crippen LogP contribution in [0, 0.1) is 12.7 Å². The number of thioether (sulfide) groups is 1. The number of hydrogen-bond donors (Lipinski definition) is 1. The van der Waals surface area contributed by atoms with Crippen LogP contribution in [0.4, 0.5) is 4.39 Å². The van der Waals surface area contributed by atoms with Gasteiger partial charge in [0.1, 0.15) is 17.7 Å². The first-order chi connectivity index (χ1) is 14.6. The van der Waals surface area contributed by atoms with Gasteiger partial charge in [-0.15, -0.1) is 0 Å². The standard InChI is InChI=1S/C21H15FN6OS/c1-12-5-4-7-14-17(12)20(29)28(16-8-3-2-6-13(16)22)21(27-14)30-9-15-18-19(25-10-23-15)26-11-24-18/h2-8,10-11H,9H2,1H3,(H,23,24,25,26). The third kappa shape index (κ3) is 3.03. The molecule has 0 atom stereocenters. The molecule has 3 aromatic heterocycles. The molecule has 0 radical (unpaired) electrons. The van der Waals surface area contributed by atoms with Crippen molar-refractivity contribution in [2.45, 2.75) is 17.8 Å². The van der Waals surface area contributed by atoms with Crippen LogP contribution >= 0.6 is 11.8 Å². The van der Waals surface area contributed by atoms with Crippen LogP contribution in [0.2, 0.25) is 0 Å². The summed E-state index contributed by atoms with van der Waals surface area (Å²) >= 11 is 1.30. The van der Waals surface area contributed by atoms with Gasteiger partial charge in [0.25, 0.3) is 5.56 Å². The SMILES string of the molecule is Cc1cccc2nc(SCc3ncnc4nc[nH]c34)n(-c3ccccc3F)c(=O)c12. The molecule has 5 aromatic rings. The van der Waals surface area contributed by atoms with Crippen molar-refractivity contribution in [3.8, 4) is 5.69 Å². The molecule has 0 saturated heterocycles. The first kappa shape index (κ1) is 18.4. The lowest BCUT2D eigenvalue weighted by atomic mass is 10.1. The predicted molar refractivity (Wildman–Crippen MR) is 113 cm³/mol. The van der Waals surface area contributed by atoms with Crippen molar-refractivity contribution in [3.63, 3.8) is 0 Å². The van der Waals surface area contributed by atoms with E-state index in [0.717, 1.165) is 16.8 Å². The second kappa shape index (κ2) is 7.34. The van der Waals surface area contributed by atoms with Gasteiger partial charge in [-0.1, -0.05) is 36.0 Å². The Kier molecular flexibility index (Phi) is 4.51. The van der Waals surface area contributed by atoms with Crippen LogP contribution in [0.25, 0.3) is 27.8 Å². The van der Waals surface area contributed by atoms with Crippen LogP contribution in [-0.2, 0) is 5.75 Å². The molecule has 7 nitrogen and oxygen atoms in total. The van der Waals surface area contributed by atoms with Gasteiger partial charge in [0.2, 0.25) is 0 Å². The van der Waals surface area contributed by atoms with E-state index in [2.05, 4.69) is 24.9 Å². The second-order valence-corrected chi connectivity index (χ2v) is 7.61. The molecule has 9 heteroatoms. The molecule has 0 fully saturated rings. The summed E-state index contributed by atoms with van der Waals surface area (Å²) in [5.41, 5.74) is 3.24. The molecule has 30 heavy (non-hydrogen) atoms. The van der Waals surface area contributed by atoms with Gasteiger partial charge in [-0.2, -0.15) is 0 Å². The number of aromatic amines is 1. The minimum Gasteiger partial charge on any atom is -0.342 e. The lowest BCUT2D eigenvalue weighted by Gasteiger charge is -2.14. The van der Waals surface area contributed by atoms with Gasteiger partial charge in [0.15, 0.2) is 10.8 Å². The normalized spacial score (nSPS) is 11.4. The van der Waals surface area contributed by atoms with Crippen LogP contribution in [-0.4, -0.2) is 29.5 Å². The van der Waals surface area contributed by atoms with Gasteiger partial charge in [-0.3, -0.25) is 9.36 Å². The average Bonchev–Trinajstić information content (AvgIpc) is 3.22. The van der Waals surface area contributed by atoms with Crippen LogP contribution < -0.4 is 5.56 Å². The van der Waals surface area contributed by atoms with E-state index in [0.29, 0.717) is 27.5 Å². The fourth-order valence-electron chi connectivity index (χ4n) is 3.38. The van der Waals surface area contributed by atoms with E-state index in [9.17, 15) is 9.18 Å². The van der Waals surface area contributed by atoms with E-state index in [-0.39, 0.29) is 11.2 Å². The molecule has 0 saturated carbocycles. The van der Waals surface area contributed by atoms with E-state index in [1.54, 1.807) is 30.6 Å². The van der Waals surface area contributed by atoms with E-state index < -0.39 is 5.82 Å². The fourth-order valence-corrected chi connectivity index (χ4v) is 4.33. The number of hydrogen-bond acceptors (Lipinski definition) is 6. The topological polar surface area (TPSA) is 89.3 Å². The lowest BCUT2D eigenvalue weighted by Crippen LogP contribution is -2.23. The van der Waals surface area contributed by atoms with Gasteiger partial charge in [0.05, 0.1) is 28.6 Å². The summed E-state index contributed by atoms with van der Waals surface area (Å²) < 4.78 is 16.0. The Morgan fingerprint density at radius 2 is 1.97 bits per heavy atom. The number of nitrogens with one attached hydrogen (secondary N) is 1. The maximum atomic E-state index is 14.6. The average molecular weight is 418 g/mol. The fraction of sp³-hybridized carbons (Fsp3) is 0.0952. The van der Waals surface area contributed by atoms with Gasteiger partial charge in [-0.05, 0) is 30.7 Å². The van der Waals surface area contributed by atoms with Crippen molar-refractivity contribution >= 4 is 33.8 Å². The van der Waals surface area contributed by atoms with Gasteiger partial charge < -0.3 is 4.98 Å². The van der Waals surface area contributed by atoms with Crippen molar-refractivity contribution in [2.24, 2.45) is 0 Å². The second-order valence-electron chi connectivity index (χ2n) is 6.67. The zero-order chi connectivity index (χ0) is 20.7.